The summed E-state index contributed by atoms with van der Waals surface area (Å²) in [6, 6.07) is 15.0. The molecule has 3 N–H and O–H groups in total. The van der Waals surface area contributed by atoms with Crippen molar-refractivity contribution < 1.29 is 9.50 Å². The Labute approximate surface area is 155 Å². The summed E-state index contributed by atoms with van der Waals surface area (Å²) >= 11 is 0. The van der Waals surface area contributed by atoms with Crippen molar-refractivity contribution in [3.63, 3.8) is 0 Å². The lowest BCUT2D eigenvalue weighted by molar-refractivity contribution is 0.0927. The Kier molecular flexibility index (Phi) is 4.08. The normalized spacial score (nSPS) is 13.5. The van der Waals surface area contributed by atoms with Gasteiger partial charge in [-0.2, -0.15) is 5.10 Å². The predicted molar refractivity (Wildman–Crippen MR) is 101 cm³/mol. The van der Waals surface area contributed by atoms with Crippen LogP contribution < -0.4 is 5.32 Å². The molecule has 4 aromatic rings. The Bertz CT molecular complexity index is 1110. The third-order valence-corrected chi connectivity index (χ3v) is 4.40. The van der Waals surface area contributed by atoms with Crippen molar-refractivity contribution in [2.24, 2.45) is 0 Å². The molecular weight excluding hydrogens is 345 g/mol. The number of nitrogens with zero attached hydrogens (tertiary/aromatic N) is 3. The molecule has 1 unspecified atom stereocenters. The molecule has 0 saturated heterocycles. The number of anilines is 2. The molecule has 0 radical (unpaired) electrons. The Morgan fingerprint density at radius 3 is 2.52 bits per heavy atom. The van der Waals surface area contributed by atoms with E-state index < -0.39 is 5.60 Å². The molecule has 2 heterocycles. The van der Waals surface area contributed by atoms with Gasteiger partial charge in [-0.25, -0.2) is 14.4 Å². The van der Waals surface area contributed by atoms with Crippen LogP contribution in [0.2, 0.25) is 0 Å². The van der Waals surface area contributed by atoms with Gasteiger partial charge in [0, 0.05) is 17.1 Å². The van der Waals surface area contributed by atoms with Crippen LogP contribution in [0.4, 0.5) is 16.0 Å². The lowest BCUT2D eigenvalue weighted by Gasteiger charge is -2.23. The second-order valence-electron chi connectivity index (χ2n) is 6.55. The maximum atomic E-state index is 13.3. The summed E-state index contributed by atoms with van der Waals surface area (Å²) in [6.07, 6.45) is 0. The molecule has 2 aromatic carbocycles. The molecule has 0 aliphatic heterocycles. The lowest BCUT2D eigenvalue weighted by Crippen LogP contribution is -2.26. The highest BCUT2D eigenvalue weighted by Crippen LogP contribution is 2.31. The van der Waals surface area contributed by atoms with Gasteiger partial charge in [-0.15, -0.1) is 0 Å². The summed E-state index contributed by atoms with van der Waals surface area (Å²) in [7, 11) is 0. The van der Waals surface area contributed by atoms with Crippen LogP contribution in [-0.4, -0.2) is 25.3 Å². The molecule has 0 aliphatic rings. The summed E-state index contributed by atoms with van der Waals surface area (Å²) in [5.74, 6) is 0.987. The highest BCUT2D eigenvalue weighted by Gasteiger charge is 2.30. The lowest BCUT2D eigenvalue weighted by atomic mass is 9.95. The molecule has 2 aromatic heterocycles. The number of fused-ring (bicyclic) bond motifs is 1. The van der Waals surface area contributed by atoms with Crippen LogP contribution in [0.3, 0.4) is 0 Å². The fourth-order valence-corrected chi connectivity index (χ4v) is 2.90. The van der Waals surface area contributed by atoms with E-state index >= 15 is 0 Å². The second kappa shape index (κ2) is 6.44. The van der Waals surface area contributed by atoms with E-state index in [4.69, 9.17) is 0 Å². The molecular formula is C20H18FN5O. The van der Waals surface area contributed by atoms with Crippen LogP contribution in [-0.2, 0) is 5.60 Å². The van der Waals surface area contributed by atoms with Crippen LogP contribution in [0.15, 0.2) is 54.6 Å². The minimum atomic E-state index is -1.49. The fraction of sp³-hybridized carbons (Fsp3) is 0.150. The minimum absolute atomic E-state index is 0.211. The number of aliphatic hydroxyl groups is 1. The molecule has 4 rings (SSSR count). The van der Waals surface area contributed by atoms with E-state index in [9.17, 15) is 9.50 Å². The molecule has 0 fully saturated rings. The smallest absolute Gasteiger partial charge is 0.167 e. The average Bonchev–Trinajstić information content (AvgIpc) is 3.07. The van der Waals surface area contributed by atoms with Gasteiger partial charge in [0.05, 0.1) is 5.52 Å². The number of rotatable bonds is 4. The van der Waals surface area contributed by atoms with Gasteiger partial charge in [-0.3, -0.25) is 5.10 Å². The molecule has 6 nitrogen and oxygen atoms in total. The van der Waals surface area contributed by atoms with Gasteiger partial charge in [0.15, 0.2) is 11.6 Å². The number of aromatic amines is 1. The predicted octanol–water partition coefficient (Wildman–Crippen LogP) is 3.80. The average molecular weight is 363 g/mol. The Morgan fingerprint density at radius 1 is 1.07 bits per heavy atom. The molecule has 0 aliphatic carbocycles. The topological polar surface area (TPSA) is 86.7 Å². The highest BCUT2D eigenvalue weighted by atomic mass is 19.1. The summed E-state index contributed by atoms with van der Waals surface area (Å²) in [5, 5.41) is 22.1. The number of halogens is 1. The van der Waals surface area contributed by atoms with Crippen molar-refractivity contribution in [3.8, 4) is 0 Å². The van der Waals surface area contributed by atoms with Crippen LogP contribution in [0.5, 0.6) is 0 Å². The van der Waals surface area contributed by atoms with E-state index in [1.54, 1.807) is 6.92 Å². The van der Waals surface area contributed by atoms with Crippen molar-refractivity contribution in [1.29, 1.82) is 0 Å². The number of para-hydroxylation sites is 1. The number of hydrogen-bond acceptors (Lipinski definition) is 5. The molecule has 27 heavy (non-hydrogen) atoms. The number of benzene rings is 2. The summed E-state index contributed by atoms with van der Waals surface area (Å²) < 4.78 is 13.3. The number of nitrogens with one attached hydrogen (secondary N) is 2. The molecule has 0 spiro atoms. The zero-order valence-corrected chi connectivity index (χ0v) is 14.9. The van der Waals surface area contributed by atoms with Gasteiger partial charge in [0.1, 0.15) is 17.2 Å². The van der Waals surface area contributed by atoms with Gasteiger partial charge in [-0.05, 0) is 43.7 Å². The van der Waals surface area contributed by atoms with E-state index in [1.807, 2.05) is 37.3 Å². The van der Waals surface area contributed by atoms with Crippen molar-refractivity contribution in [2.75, 3.05) is 5.32 Å². The van der Waals surface area contributed by atoms with E-state index in [2.05, 4.69) is 25.5 Å². The minimum Gasteiger partial charge on any atom is -0.377 e. The maximum absolute atomic E-state index is 13.3. The van der Waals surface area contributed by atoms with Crippen LogP contribution in [0.1, 0.15) is 24.0 Å². The Hall–Kier alpha value is -3.32. The molecule has 7 heteroatoms. The number of aromatic nitrogens is 4. The maximum Gasteiger partial charge on any atom is 0.167 e. The first-order valence-electron chi connectivity index (χ1n) is 8.48. The zero-order valence-electron chi connectivity index (χ0n) is 14.9. The number of hydrogen-bond donors (Lipinski definition) is 3. The highest BCUT2D eigenvalue weighted by molar-refractivity contribution is 5.90. The largest absolute Gasteiger partial charge is 0.377 e. The van der Waals surface area contributed by atoms with E-state index in [-0.39, 0.29) is 11.6 Å². The van der Waals surface area contributed by atoms with Crippen molar-refractivity contribution in [2.45, 2.75) is 19.4 Å². The van der Waals surface area contributed by atoms with Crippen molar-refractivity contribution in [1.82, 2.24) is 20.2 Å². The van der Waals surface area contributed by atoms with E-state index in [1.165, 1.54) is 24.3 Å². The van der Waals surface area contributed by atoms with Crippen molar-refractivity contribution in [3.05, 3.63) is 77.5 Å². The molecule has 0 amide bonds. The Balaban J connectivity index is 1.84. The third-order valence-electron chi connectivity index (χ3n) is 4.40. The number of H-pyrrole nitrogens is 1. The van der Waals surface area contributed by atoms with Gasteiger partial charge in [-0.1, -0.05) is 24.3 Å². The van der Waals surface area contributed by atoms with E-state index in [0.29, 0.717) is 22.7 Å². The summed E-state index contributed by atoms with van der Waals surface area (Å²) in [5.41, 5.74) is 0.602. The van der Waals surface area contributed by atoms with Gasteiger partial charge >= 0.3 is 0 Å². The quantitative estimate of drug-likeness (QED) is 0.513. The molecule has 0 bridgehead atoms. The SMILES string of the molecule is Cc1cc(Nc2nc(C(C)(O)c3ccc(F)cc3)nc3ccccc23)n[nH]1. The molecule has 1 atom stereocenters. The van der Waals surface area contributed by atoms with E-state index in [0.717, 1.165) is 11.1 Å². The second-order valence-corrected chi connectivity index (χ2v) is 6.55. The molecule has 136 valence electrons. The van der Waals surface area contributed by atoms with Gasteiger partial charge in [0.2, 0.25) is 0 Å². The fourth-order valence-electron chi connectivity index (χ4n) is 2.90. The van der Waals surface area contributed by atoms with Crippen LogP contribution >= 0.6 is 0 Å². The first-order valence-corrected chi connectivity index (χ1v) is 8.48. The van der Waals surface area contributed by atoms with Crippen LogP contribution in [0.25, 0.3) is 10.9 Å². The van der Waals surface area contributed by atoms with Crippen LogP contribution in [0, 0.1) is 12.7 Å². The Morgan fingerprint density at radius 2 is 1.81 bits per heavy atom. The van der Waals surface area contributed by atoms with Gasteiger partial charge in [0.25, 0.3) is 0 Å². The van der Waals surface area contributed by atoms with Gasteiger partial charge < -0.3 is 10.4 Å². The number of aryl methyl sites for hydroxylation is 1. The first-order chi connectivity index (χ1) is 12.9. The first kappa shape index (κ1) is 17.1. The third kappa shape index (κ3) is 3.24. The summed E-state index contributed by atoms with van der Waals surface area (Å²) in [6.45, 7) is 3.49. The van der Waals surface area contributed by atoms with Crippen molar-refractivity contribution >= 4 is 22.5 Å². The molecule has 0 saturated carbocycles. The summed E-state index contributed by atoms with van der Waals surface area (Å²) in [4.78, 5) is 9.09. The zero-order chi connectivity index (χ0) is 19.0. The monoisotopic (exact) mass is 363 g/mol. The standard InChI is InChI=1S/C20H18FN5O/c1-12-11-17(26-25-12)23-18-15-5-3-4-6-16(15)22-19(24-18)20(2,27)13-7-9-14(21)10-8-13/h3-11,27H,1-2H3,(H2,22,23,24,25,26).